The third-order valence-corrected chi connectivity index (χ3v) is 5.81. The number of rotatable bonds is 5. The van der Waals surface area contributed by atoms with Gasteiger partial charge in [0, 0.05) is 0 Å². The molecule has 2 heterocycles. The summed E-state index contributed by atoms with van der Waals surface area (Å²) in [7, 11) is 1.25. The predicted molar refractivity (Wildman–Crippen MR) is 123 cm³/mol. The molecule has 2 aromatic heterocycles. The summed E-state index contributed by atoms with van der Waals surface area (Å²) in [6, 6.07) is 15.1. The Morgan fingerprint density at radius 1 is 1.06 bits per heavy atom. The van der Waals surface area contributed by atoms with E-state index in [9.17, 15) is 19.2 Å². The summed E-state index contributed by atoms with van der Waals surface area (Å²) < 4.78 is 7.44. The summed E-state index contributed by atoms with van der Waals surface area (Å²) in [6.07, 6.45) is 0. The smallest absolute Gasteiger partial charge is 0.339 e. The number of nitrogens with one attached hydrogen (secondary N) is 1. The fourth-order valence-electron chi connectivity index (χ4n) is 3.45. The summed E-state index contributed by atoms with van der Waals surface area (Å²) in [5.74, 6) is -1.11. The zero-order valence-electron chi connectivity index (χ0n) is 17.3. The van der Waals surface area contributed by atoms with Gasteiger partial charge >= 0.3 is 11.7 Å². The number of para-hydroxylation sites is 1. The molecule has 0 fully saturated rings. The molecule has 0 unspecified atom stereocenters. The first-order valence-electron chi connectivity index (χ1n) is 9.68. The van der Waals surface area contributed by atoms with Gasteiger partial charge in [0.15, 0.2) is 0 Å². The summed E-state index contributed by atoms with van der Waals surface area (Å²) in [5.41, 5.74) is 1.11. The Balaban J connectivity index is 1.77. The van der Waals surface area contributed by atoms with Crippen LogP contribution < -0.4 is 16.6 Å². The van der Waals surface area contributed by atoms with Gasteiger partial charge in [0.25, 0.3) is 5.56 Å². The first kappa shape index (κ1) is 21.3. The second-order valence-corrected chi connectivity index (χ2v) is 7.98. The Bertz CT molecular complexity index is 1460. The van der Waals surface area contributed by atoms with Crippen LogP contribution in [0.25, 0.3) is 15.9 Å². The zero-order chi connectivity index (χ0) is 22.8. The predicted octanol–water partition coefficient (Wildman–Crippen LogP) is 2.95. The maximum Gasteiger partial charge on any atom is 0.339 e. The number of hydrogen-bond acceptors (Lipinski definition) is 6. The molecule has 0 bridgehead atoms. The van der Waals surface area contributed by atoms with E-state index in [0.29, 0.717) is 15.9 Å². The van der Waals surface area contributed by atoms with Crippen molar-refractivity contribution in [2.45, 2.75) is 13.5 Å². The van der Waals surface area contributed by atoms with E-state index in [1.807, 2.05) is 13.0 Å². The molecule has 0 aliphatic rings. The van der Waals surface area contributed by atoms with Crippen molar-refractivity contribution in [1.82, 2.24) is 9.13 Å². The number of ether oxygens (including phenoxy) is 1. The lowest BCUT2D eigenvalue weighted by Gasteiger charge is -2.14. The Hall–Kier alpha value is -3.98. The fraction of sp³-hybridized carbons (Fsp3) is 0.130. The highest BCUT2D eigenvalue weighted by Crippen LogP contribution is 2.18. The number of fused-ring (bicyclic) bond motifs is 1. The van der Waals surface area contributed by atoms with Crippen LogP contribution in [0.3, 0.4) is 0 Å². The van der Waals surface area contributed by atoms with Crippen LogP contribution in [0.1, 0.15) is 15.9 Å². The lowest BCUT2D eigenvalue weighted by Crippen LogP contribution is -2.40. The van der Waals surface area contributed by atoms with Gasteiger partial charge in [-0.3, -0.25) is 14.2 Å². The molecule has 0 atom stereocenters. The quantitative estimate of drug-likeness (QED) is 0.472. The largest absolute Gasteiger partial charge is 0.465 e. The number of amides is 1. The van der Waals surface area contributed by atoms with Crippen molar-refractivity contribution in [3.63, 3.8) is 0 Å². The van der Waals surface area contributed by atoms with Gasteiger partial charge in [0.2, 0.25) is 5.91 Å². The van der Waals surface area contributed by atoms with Gasteiger partial charge in [0.05, 0.1) is 29.6 Å². The number of methoxy groups -OCH3 is 1. The molecule has 0 radical (unpaired) electrons. The van der Waals surface area contributed by atoms with Crippen molar-refractivity contribution in [2.24, 2.45) is 0 Å². The van der Waals surface area contributed by atoms with E-state index >= 15 is 0 Å². The molecule has 4 aromatic rings. The molecular formula is C23H19N3O5S. The van der Waals surface area contributed by atoms with E-state index in [4.69, 9.17) is 4.74 Å². The molecule has 2 aromatic carbocycles. The fourth-order valence-corrected chi connectivity index (χ4v) is 4.27. The minimum Gasteiger partial charge on any atom is -0.465 e. The molecule has 0 saturated carbocycles. The Morgan fingerprint density at radius 3 is 2.59 bits per heavy atom. The van der Waals surface area contributed by atoms with Crippen LogP contribution in [-0.2, 0) is 16.1 Å². The summed E-state index contributed by atoms with van der Waals surface area (Å²) in [6.45, 7) is 1.52. The van der Waals surface area contributed by atoms with Gasteiger partial charge in [-0.15, -0.1) is 11.3 Å². The van der Waals surface area contributed by atoms with Crippen LogP contribution in [0.15, 0.2) is 69.6 Å². The van der Waals surface area contributed by atoms with Gasteiger partial charge in [-0.2, -0.15) is 0 Å². The molecule has 162 valence electrons. The number of aryl methyl sites for hydroxylation is 1. The highest BCUT2D eigenvalue weighted by Gasteiger charge is 2.19. The first-order valence-corrected chi connectivity index (χ1v) is 10.6. The third kappa shape index (κ3) is 3.85. The Morgan fingerprint density at radius 2 is 1.84 bits per heavy atom. The van der Waals surface area contributed by atoms with Crippen LogP contribution in [0.4, 0.5) is 5.69 Å². The number of anilines is 1. The van der Waals surface area contributed by atoms with E-state index in [0.717, 1.165) is 10.1 Å². The van der Waals surface area contributed by atoms with Crippen LogP contribution in [-0.4, -0.2) is 28.1 Å². The van der Waals surface area contributed by atoms with Gasteiger partial charge < -0.3 is 10.1 Å². The molecule has 1 amide bonds. The number of nitrogens with zero attached hydrogens (tertiary/aromatic N) is 2. The Labute approximate surface area is 186 Å². The second kappa shape index (κ2) is 8.64. The number of carbonyl (C=O) groups excluding carboxylic acids is 2. The summed E-state index contributed by atoms with van der Waals surface area (Å²) >= 11 is 1.20. The minimum absolute atomic E-state index is 0.195. The monoisotopic (exact) mass is 449 g/mol. The lowest BCUT2D eigenvalue weighted by atomic mass is 10.2. The highest BCUT2D eigenvalue weighted by atomic mass is 32.1. The number of hydrogen-bond donors (Lipinski definition) is 1. The lowest BCUT2D eigenvalue weighted by molar-refractivity contribution is -0.116. The third-order valence-electron chi connectivity index (χ3n) is 4.92. The minimum atomic E-state index is -0.622. The molecular weight excluding hydrogens is 430 g/mol. The number of thiophene rings is 1. The van der Waals surface area contributed by atoms with Crippen molar-refractivity contribution in [3.8, 4) is 5.69 Å². The van der Waals surface area contributed by atoms with Crippen molar-refractivity contribution in [3.05, 3.63) is 91.9 Å². The van der Waals surface area contributed by atoms with Crippen molar-refractivity contribution >= 4 is 39.1 Å². The number of aromatic nitrogens is 2. The number of benzene rings is 2. The summed E-state index contributed by atoms with van der Waals surface area (Å²) in [4.78, 5) is 51.1. The summed E-state index contributed by atoms with van der Waals surface area (Å²) in [5, 5.41) is 4.36. The molecule has 8 nitrogen and oxygen atoms in total. The Kier molecular flexibility index (Phi) is 5.74. The maximum atomic E-state index is 13.3. The maximum absolute atomic E-state index is 13.3. The molecule has 0 spiro atoms. The van der Waals surface area contributed by atoms with Gasteiger partial charge in [-0.1, -0.05) is 24.3 Å². The zero-order valence-corrected chi connectivity index (χ0v) is 18.1. The molecule has 32 heavy (non-hydrogen) atoms. The average Bonchev–Trinajstić information content (AvgIpc) is 3.27. The van der Waals surface area contributed by atoms with E-state index in [2.05, 4.69) is 5.32 Å². The standard InChI is InChI=1S/C23H19N3O5S/c1-14-6-5-7-15(12-14)26-21(28)20-18(10-11-32-20)25(23(26)30)13-19(27)24-17-9-4-3-8-16(17)22(29)31-2/h3-12H,13H2,1-2H3,(H,24,27). The van der Waals surface area contributed by atoms with Gasteiger partial charge in [-0.25, -0.2) is 14.2 Å². The van der Waals surface area contributed by atoms with Crippen molar-refractivity contribution in [2.75, 3.05) is 12.4 Å². The van der Waals surface area contributed by atoms with Crippen molar-refractivity contribution < 1.29 is 14.3 Å². The number of carbonyl (C=O) groups is 2. The topological polar surface area (TPSA) is 99.4 Å². The van der Waals surface area contributed by atoms with Gasteiger partial charge in [-0.05, 0) is 48.2 Å². The van der Waals surface area contributed by atoms with E-state index in [-0.39, 0.29) is 17.8 Å². The average molecular weight is 449 g/mol. The molecule has 9 heteroatoms. The molecule has 0 saturated heterocycles. The van der Waals surface area contributed by atoms with Crippen LogP contribution in [0, 0.1) is 6.92 Å². The van der Waals surface area contributed by atoms with E-state index in [1.54, 1.807) is 47.8 Å². The SMILES string of the molecule is COC(=O)c1ccccc1NC(=O)Cn1c(=O)n(-c2cccc(C)c2)c(=O)c2sccc21. The molecule has 1 N–H and O–H groups in total. The number of esters is 1. The van der Waals surface area contributed by atoms with E-state index in [1.165, 1.54) is 29.1 Å². The second-order valence-electron chi connectivity index (χ2n) is 7.07. The first-order chi connectivity index (χ1) is 15.4. The van der Waals surface area contributed by atoms with Crippen LogP contribution in [0.2, 0.25) is 0 Å². The highest BCUT2D eigenvalue weighted by molar-refractivity contribution is 7.17. The van der Waals surface area contributed by atoms with Crippen LogP contribution >= 0.6 is 11.3 Å². The molecule has 4 rings (SSSR count). The molecule has 0 aliphatic heterocycles. The van der Waals surface area contributed by atoms with Crippen molar-refractivity contribution in [1.29, 1.82) is 0 Å². The van der Waals surface area contributed by atoms with E-state index < -0.39 is 23.1 Å². The van der Waals surface area contributed by atoms with Gasteiger partial charge in [0.1, 0.15) is 11.2 Å². The normalized spacial score (nSPS) is 10.8. The van der Waals surface area contributed by atoms with Crippen LogP contribution in [0.5, 0.6) is 0 Å². The molecule has 0 aliphatic carbocycles.